The molecule has 0 spiro atoms. The highest BCUT2D eigenvalue weighted by Gasteiger charge is 2.16. The molecule has 1 aromatic rings. The Morgan fingerprint density at radius 3 is 1.60 bits per heavy atom. The first-order valence-corrected chi connectivity index (χ1v) is 9.47. The van der Waals surface area contributed by atoms with E-state index >= 15 is 0 Å². The second kappa shape index (κ2) is 9.84. The van der Waals surface area contributed by atoms with E-state index < -0.39 is 0 Å². The van der Waals surface area contributed by atoms with Crippen molar-refractivity contribution in [3.05, 3.63) is 22.5 Å². The number of rotatable bonds is 8. The zero-order valence-electron chi connectivity index (χ0n) is 13.4. The molecule has 0 aliphatic rings. The van der Waals surface area contributed by atoms with Crippen LogP contribution in [0.25, 0.3) is 0 Å². The SMILES string of the molecule is C/C(N)=C(/C#N)C(=O)CSc1nnc(SCC(=O)/C(C#N)=C(\C)N)s1. The smallest absolute Gasteiger partial charge is 0.185 e. The quantitative estimate of drug-likeness (QED) is 0.374. The summed E-state index contributed by atoms with van der Waals surface area (Å²) < 4.78 is 1.06. The second-order valence-electron chi connectivity index (χ2n) is 4.60. The number of Topliss-reactive ketones (excluding diaryl/α,β-unsaturated/α-hetero) is 2. The fourth-order valence-corrected chi connectivity index (χ4v) is 4.22. The number of carbonyl (C=O) groups is 2. The van der Waals surface area contributed by atoms with Crippen LogP contribution in [0.2, 0.25) is 0 Å². The first-order valence-electron chi connectivity index (χ1n) is 6.68. The van der Waals surface area contributed by atoms with E-state index in [0.29, 0.717) is 8.68 Å². The number of hydrogen-bond acceptors (Lipinski definition) is 11. The maximum atomic E-state index is 11.9. The zero-order chi connectivity index (χ0) is 19.0. The molecule has 0 unspecified atom stereocenters. The predicted octanol–water partition coefficient (Wildman–Crippen LogP) is 1.37. The van der Waals surface area contributed by atoms with Crippen molar-refractivity contribution in [2.45, 2.75) is 22.5 Å². The van der Waals surface area contributed by atoms with Crippen LogP contribution in [-0.4, -0.2) is 33.3 Å². The number of nitriles is 2. The maximum Gasteiger partial charge on any atom is 0.185 e. The lowest BCUT2D eigenvalue weighted by Crippen LogP contribution is -2.10. The largest absolute Gasteiger partial charge is 0.401 e. The molecular weight excluding hydrogens is 380 g/mol. The third kappa shape index (κ3) is 6.23. The van der Waals surface area contributed by atoms with Gasteiger partial charge in [-0.1, -0.05) is 34.9 Å². The van der Waals surface area contributed by atoms with Crippen molar-refractivity contribution >= 4 is 46.4 Å². The molecule has 0 bridgehead atoms. The van der Waals surface area contributed by atoms with E-state index in [1.165, 1.54) is 25.2 Å². The number of thioether (sulfide) groups is 2. The Bertz CT molecular complexity index is 754. The van der Waals surface area contributed by atoms with Crippen molar-refractivity contribution in [2.75, 3.05) is 11.5 Å². The van der Waals surface area contributed by atoms with Crippen LogP contribution >= 0.6 is 34.9 Å². The number of hydrogen-bond donors (Lipinski definition) is 2. The summed E-state index contributed by atoms with van der Waals surface area (Å²) in [5.74, 6) is -0.726. The number of ketones is 2. The molecule has 0 aliphatic carbocycles. The lowest BCUT2D eigenvalue weighted by molar-refractivity contribution is -0.113. The summed E-state index contributed by atoms with van der Waals surface area (Å²) in [5.41, 5.74) is 11.2. The number of carbonyl (C=O) groups excluding carboxylic acids is 2. The number of aromatic nitrogens is 2. The van der Waals surface area contributed by atoms with Crippen molar-refractivity contribution in [3.63, 3.8) is 0 Å². The normalized spacial score (nSPS) is 12.5. The van der Waals surface area contributed by atoms with Crippen molar-refractivity contribution in [1.29, 1.82) is 10.5 Å². The van der Waals surface area contributed by atoms with Crippen LogP contribution in [0.4, 0.5) is 0 Å². The molecule has 0 radical (unpaired) electrons. The van der Waals surface area contributed by atoms with Crippen molar-refractivity contribution in [1.82, 2.24) is 10.2 Å². The summed E-state index contributed by atoms with van der Waals surface area (Å²) in [5, 5.41) is 25.6. The summed E-state index contributed by atoms with van der Waals surface area (Å²) in [7, 11) is 0. The number of nitrogens with two attached hydrogens (primary N) is 2. The van der Waals surface area contributed by atoms with E-state index in [0.717, 1.165) is 23.5 Å². The van der Waals surface area contributed by atoms with E-state index in [4.69, 9.17) is 22.0 Å². The van der Waals surface area contributed by atoms with Gasteiger partial charge in [0, 0.05) is 11.4 Å². The highest BCUT2D eigenvalue weighted by Crippen LogP contribution is 2.29. The van der Waals surface area contributed by atoms with Crippen LogP contribution in [0.15, 0.2) is 31.2 Å². The van der Waals surface area contributed by atoms with Gasteiger partial charge in [-0.3, -0.25) is 9.59 Å². The predicted molar refractivity (Wildman–Crippen MR) is 96.4 cm³/mol. The number of nitrogens with zero attached hydrogens (tertiary/aromatic N) is 4. The summed E-state index contributed by atoms with van der Waals surface area (Å²) in [4.78, 5) is 23.7. The van der Waals surface area contributed by atoms with Gasteiger partial charge in [-0.05, 0) is 13.8 Å². The van der Waals surface area contributed by atoms with E-state index in [-0.39, 0.29) is 45.6 Å². The minimum absolute atomic E-state index is 0.0172. The third-order valence-corrected chi connectivity index (χ3v) is 5.80. The van der Waals surface area contributed by atoms with Crippen LogP contribution in [-0.2, 0) is 9.59 Å². The molecule has 1 aromatic heterocycles. The molecule has 0 aromatic carbocycles. The molecule has 0 fully saturated rings. The molecule has 11 heteroatoms. The lowest BCUT2D eigenvalue weighted by atomic mass is 10.2. The Labute approximate surface area is 157 Å². The van der Waals surface area contributed by atoms with Gasteiger partial charge in [0.05, 0.1) is 11.5 Å². The van der Waals surface area contributed by atoms with Gasteiger partial charge in [0.2, 0.25) is 0 Å². The van der Waals surface area contributed by atoms with E-state index in [2.05, 4.69) is 10.2 Å². The molecule has 4 N–H and O–H groups in total. The van der Waals surface area contributed by atoms with E-state index in [1.807, 2.05) is 0 Å². The van der Waals surface area contributed by atoms with Crippen molar-refractivity contribution in [2.24, 2.45) is 11.5 Å². The summed E-state index contributed by atoms with van der Waals surface area (Å²) >= 11 is 3.48. The minimum Gasteiger partial charge on any atom is -0.401 e. The van der Waals surface area contributed by atoms with Gasteiger partial charge in [0.1, 0.15) is 23.3 Å². The average Bonchev–Trinajstić information content (AvgIpc) is 2.99. The average molecular weight is 395 g/mol. The maximum absolute atomic E-state index is 11.9. The van der Waals surface area contributed by atoms with Crippen LogP contribution in [0, 0.1) is 22.7 Å². The monoisotopic (exact) mass is 394 g/mol. The lowest BCUT2D eigenvalue weighted by Gasteiger charge is -1.99. The minimum atomic E-state index is -0.380. The molecule has 0 amide bonds. The molecule has 0 atom stereocenters. The molecule has 130 valence electrons. The third-order valence-electron chi connectivity index (χ3n) is 2.61. The molecule has 0 saturated heterocycles. The highest BCUT2D eigenvalue weighted by atomic mass is 32.2. The van der Waals surface area contributed by atoms with Crippen LogP contribution in [0.1, 0.15) is 13.8 Å². The summed E-state index contributed by atoms with van der Waals surface area (Å²) in [6, 6.07) is 3.55. The molecular formula is C14H14N6O2S3. The van der Waals surface area contributed by atoms with E-state index in [9.17, 15) is 9.59 Å². The first kappa shape index (κ1) is 20.7. The summed E-state index contributed by atoms with van der Waals surface area (Å²) in [6.07, 6.45) is 0. The molecule has 25 heavy (non-hydrogen) atoms. The van der Waals surface area contributed by atoms with Crippen molar-refractivity contribution < 1.29 is 9.59 Å². The topological polar surface area (TPSA) is 160 Å². The Hall–Kier alpha value is -2.34. The second-order valence-corrected chi connectivity index (χ2v) is 8.02. The molecule has 1 rings (SSSR count). The molecule has 8 nitrogen and oxygen atoms in total. The van der Waals surface area contributed by atoms with E-state index in [1.54, 1.807) is 12.1 Å². The highest BCUT2D eigenvalue weighted by molar-refractivity contribution is 8.03. The molecule has 0 aliphatic heterocycles. The summed E-state index contributed by atoms with van der Waals surface area (Å²) in [6.45, 7) is 2.98. The van der Waals surface area contributed by atoms with Gasteiger partial charge in [-0.2, -0.15) is 10.5 Å². The Kier molecular flexibility index (Phi) is 8.15. The Balaban J connectivity index is 2.61. The van der Waals surface area contributed by atoms with Gasteiger partial charge in [-0.25, -0.2) is 0 Å². The Morgan fingerprint density at radius 1 is 0.960 bits per heavy atom. The first-order chi connectivity index (χ1) is 11.8. The van der Waals surface area contributed by atoms with Gasteiger partial charge in [0.25, 0.3) is 0 Å². The molecule has 1 heterocycles. The van der Waals surface area contributed by atoms with Gasteiger partial charge in [0.15, 0.2) is 20.2 Å². The van der Waals surface area contributed by atoms with Crippen LogP contribution in [0.3, 0.4) is 0 Å². The fraction of sp³-hybridized carbons (Fsp3) is 0.286. The Morgan fingerprint density at radius 2 is 1.32 bits per heavy atom. The van der Waals surface area contributed by atoms with Gasteiger partial charge >= 0.3 is 0 Å². The van der Waals surface area contributed by atoms with Crippen molar-refractivity contribution in [3.8, 4) is 12.1 Å². The zero-order valence-corrected chi connectivity index (χ0v) is 15.8. The van der Waals surface area contributed by atoms with Gasteiger partial charge < -0.3 is 11.5 Å². The van der Waals surface area contributed by atoms with Crippen LogP contribution in [0.5, 0.6) is 0 Å². The fourth-order valence-electron chi connectivity index (χ4n) is 1.45. The molecule has 0 saturated carbocycles. The van der Waals surface area contributed by atoms with Crippen LogP contribution < -0.4 is 11.5 Å². The number of allylic oxidation sites excluding steroid dienone is 4. The van der Waals surface area contributed by atoms with Gasteiger partial charge in [-0.15, -0.1) is 10.2 Å². The standard InChI is InChI=1S/C14H14N6O2S3/c1-7(17)9(3-15)11(21)5-23-13-19-20-14(25-13)24-6-12(22)10(4-16)8(2)18/h5-6,17-18H2,1-2H3/b9-7+,10-8+.